The molecule has 2 saturated heterocycles. The Bertz CT molecular complexity index is 583. The zero-order valence-electron chi connectivity index (χ0n) is 14.2. The van der Waals surface area contributed by atoms with Crippen LogP contribution in [0.15, 0.2) is 6.20 Å². The lowest BCUT2D eigenvalue weighted by Crippen LogP contribution is -2.43. The first-order chi connectivity index (χ1) is 11.7. The van der Waals surface area contributed by atoms with Gasteiger partial charge in [0.15, 0.2) is 5.13 Å². The molecule has 1 atom stereocenters. The highest BCUT2D eigenvalue weighted by molar-refractivity contribution is 7.15. The van der Waals surface area contributed by atoms with Crippen molar-refractivity contribution in [1.82, 2.24) is 15.2 Å². The second kappa shape index (κ2) is 8.07. The van der Waals surface area contributed by atoms with E-state index in [-0.39, 0.29) is 17.7 Å². The molecule has 24 heavy (non-hydrogen) atoms. The maximum Gasteiger partial charge on any atom is 0.231 e. The van der Waals surface area contributed by atoms with Gasteiger partial charge in [0.25, 0.3) is 0 Å². The van der Waals surface area contributed by atoms with Gasteiger partial charge in [0.2, 0.25) is 11.8 Å². The van der Waals surface area contributed by atoms with Crippen LogP contribution in [0.4, 0.5) is 5.13 Å². The number of piperidine rings is 2. The Morgan fingerprint density at radius 3 is 2.92 bits per heavy atom. The van der Waals surface area contributed by atoms with Crippen LogP contribution in [0.3, 0.4) is 0 Å². The van der Waals surface area contributed by atoms with Crippen LogP contribution in [-0.2, 0) is 9.59 Å². The van der Waals surface area contributed by atoms with Gasteiger partial charge in [-0.3, -0.25) is 9.59 Å². The Morgan fingerprint density at radius 1 is 1.38 bits per heavy atom. The molecule has 0 aliphatic carbocycles. The molecule has 0 saturated carbocycles. The molecular weight excluding hydrogens is 324 g/mol. The minimum atomic E-state index is -0.125. The van der Waals surface area contributed by atoms with E-state index in [9.17, 15) is 9.59 Å². The Morgan fingerprint density at radius 2 is 2.17 bits per heavy atom. The summed E-state index contributed by atoms with van der Waals surface area (Å²) in [4.78, 5) is 31.8. The zero-order chi connectivity index (χ0) is 16.9. The molecule has 0 bridgehead atoms. The number of hydrogen-bond donors (Lipinski definition) is 2. The average molecular weight is 350 g/mol. The van der Waals surface area contributed by atoms with Gasteiger partial charge < -0.3 is 15.5 Å². The molecule has 1 aromatic rings. The van der Waals surface area contributed by atoms with Crippen LogP contribution in [0.2, 0.25) is 0 Å². The van der Waals surface area contributed by atoms with Crippen molar-refractivity contribution in [1.29, 1.82) is 0 Å². The quantitative estimate of drug-likeness (QED) is 0.873. The minimum Gasteiger partial charge on any atom is -0.342 e. The Kier molecular flexibility index (Phi) is 5.84. The van der Waals surface area contributed by atoms with E-state index in [4.69, 9.17) is 0 Å². The number of nitrogens with zero attached hydrogens (tertiary/aromatic N) is 2. The topological polar surface area (TPSA) is 74.3 Å². The summed E-state index contributed by atoms with van der Waals surface area (Å²) in [6.07, 6.45) is 6.40. The smallest absolute Gasteiger partial charge is 0.231 e. The van der Waals surface area contributed by atoms with Crippen molar-refractivity contribution >= 4 is 28.3 Å². The third-order valence-electron chi connectivity index (χ3n) is 4.94. The number of thiazole rings is 1. The predicted octanol–water partition coefficient (Wildman–Crippen LogP) is 2.20. The summed E-state index contributed by atoms with van der Waals surface area (Å²) in [5.41, 5.74) is 0. The van der Waals surface area contributed by atoms with Crippen molar-refractivity contribution in [2.75, 3.05) is 31.5 Å². The summed E-state index contributed by atoms with van der Waals surface area (Å²) < 4.78 is 0. The van der Waals surface area contributed by atoms with Crippen molar-refractivity contribution < 1.29 is 9.59 Å². The minimum absolute atomic E-state index is 0.00480. The van der Waals surface area contributed by atoms with E-state index in [0.29, 0.717) is 24.0 Å². The van der Waals surface area contributed by atoms with Gasteiger partial charge in [0, 0.05) is 30.6 Å². The normalized spacial score (nSPS) is 22.4. The number of anilines is 1. The third kappa shape index (κ3) is 4.13. The molecule has 0 radical (unpaired) electrons. The number of amides is 2. The zero-order valence-corrected chi connectivity index (χ0v) is 15.0. The maximum absolute atomic E-state index is 12.5. The molecule has 3 heterocycles. The van der Waals surface area contributed by atoms with E-state index in [0.717, 1.165) is 45.3 Å². The van der Waals surface area contributed by atoms with E-state index in [1.807, 2.05) is 18.0 Å². The van der Waals surface area contributed by atoms with E-state index in [1.54, 1.807) is 11.3 Å². The first-order valence-corrected chi connectivity index (χ1v) is 9.74. The van der Waals surface area contributed by atoms with Crippen LogP contribution in [-0.4, -0.2) is 47.9 Å². The predicted molar refractivity (Wildman–Crippen MR) is 95.2 cm³/mol. The van der Waals surface area contributed by atoms with Gasteiger partial charge in [0.1, 0.15) is 0 Å². The first-order valence-electron chi connectivity index (χ1n) is 8.92. The monoisotopic (exact) mass is 350 g/mol. The summed E-state index contributed by atoms with van der Waals surface area (Å²) in [6, 6.07) is 0. The fourth-order valence-electron chi connectivity index (χ4n) is 3.49. The van der Waals surface area contributed by atoms with Gasteiger partial charge in [-0.1, -0.05) is 6.92 Å². The Labute approximate surface area is 147 Å². The molecule has 132 valence electrons. The van der Waals surface area contributed by atoms with Crippen LogP contribution < -0.4 is 10.6 Å². The molecule has 1 unspecified atom stereocenters. The van der Waals surface area contributed by atoms with Gasteiger partial charge >= 0.3 is 0 Å². The average Bonchev–Trinajstić information content (AvgIpc) is 3.10. The van der Waals surface area contributed by atoms with Gasteiger partial charge in [-0.05, 0) is 44.7 Å². The number of nitrogens with one attached hydrogen (secondary N) is 2. The number of likely N-dealkylation sites (tertiary alicyclic amines) is 1. The van der Waals surface area contributed by atoms with E-state index in [2.05, 4.69) is 15.6 Å². The first kappa shape index (κ1) is 17.4. The number of aromatic nitrogens is 1. The summed E-state index contributed by atoms with van der Waals surface area (Å²) in [5.74, 6) is 0.562. The molecule has 3 rings (SSSR count). The number of carbonyl (C=O) groups excluding carboxylic acids is 2. The largest absolute Gasteiger partial charge is 0.342 e. The number of hydrogen-bond acceptors (Lipinski definition) is 5. The van der Waals surface area contributed by atoms with E-state index < -0.39 is 0 Å². The van der Waals surface area contributed by atoms with Crippen LogP contribution >= 0.6 is 11.3 Å². The summed E-state index contributed by atoms with van der Waals surface area (Å²) in [6.45, 7) is 5.27. The van der Waals surface area contributed by atoms with Crippen molar-refractivity contribution in [3.63, 3.8) is 0 Å². The van der Waals surface area contributed by atoms with Gasteiger partial charge in [-0.15, -0.1) is 11.3 Å². The highest BCUT2D eigenvalue weighted by atomic mass is 32.1. The molecule has 1 aromatic heterocycles. The molecule has 7 heteroatoms. The highest BCUT2D eigenvalue weighted by Gasteiger charge is 2.28. The van der Waals surface area contributed by atoms with Crippen LogP contribution in [0.1, 0.15) is 49.8 Å². The van der Waals surface area contributed by atoms with Crippen molar-refractivity contribution in [3.8, 4) is 0 Å². The lowest BCUT2D eigenvalue weighted by atomic mass is 9.97. The second-order valence-electron chi connectivity index (χ2n) is 6.61. The third-order valence-corrected chi connectivity index (χ3v) is 6.02. The number of rotatable bonds is 4. The van der Waals surface area contributed by atoms with Crippen LogP contribution in [0.25, 0.3) is 0 Å². The fraction of sp³-hybridized carbons (Fsp3) is 0.706. The lowest BCUT2D eigenvalue weighted by molar-refractivity contribution is -0.134. The Balaban J connectivity index is 1.56. The van der Waals surface area contributed by atoms with Gasteiger partial charge in [-0.2, -0.15) is 0 Å². The molecule has 2 amide bonds. The SMILES string of the molecule is CCC(=O)N1CCCC(C(=O)Nc2ncc(C3CCNCC3)s2)C1. The second-order valence-corrected chi connectivity index (χ2v) is 7.68. The molecule has 0 aromatic carbocycles. The molecule has 2 fully saturated rings. The molecule has 2 aliphatic heterocycles. The van der Waals surface area contributed by atoms with E-state index in [1.165, 1.54) is 4.88 Å². The highest BCUT2D eigenvalue weighted by Crippen LogP contribution is 2.32. The fourth-order valence-corrected chi connectivity index (χ4v) is 4.48. The standard InChI is InChI=1S/C17H26N4O2S/c1-2-15(22)21-9-3-4-13(11-21)16(23)20-17-19-10-14(24-17)12-5-7-18-8-6-12/h10,12-13,18H,2-9,11H2,1H3,(H,19,20,23). The summed E-state index contributed by atoms with van der Waals surface area (Å²) in [5, 5.41) is 7.02. The molecular formula is C17H26N4O2S. The molecule has 6 nitrogen and oxygen atoms in total. The Hall–Kier alpha value is -1.47. The van der Waals surface area contributed by atoms with Crippen molar-refractivity contribution in [3.05, 3.63) is 11.1 Å². The molecule has 0 spiro atoms. The molecule has 2 N–H and O–H groups in total. The van der Waals surface area contributed by atoms with Crippen LogP contribution in [0.5, 0.6) is 0 Å². The van der Waals surface area contributed by atoms with Gasteiger partial charge in [-0.25, -0.2) is 4.98 Å². The summed E-state index contributed by atoms with van der Waals surface area (Å²) >= 11 is 1.59. The van der Waals surface area contributed by atoms with Crippen molar-refractivity contribution in [2.24, 2.45) is 5.92 Å². The van der Waals surface area contributed by atoms with Crippen LogP contribution in [0, 0.1) is 5.92 Å². The molecule has 2 aliphatic rings. The van der Waals surface area contributed by atoms with E-state index >= 15 is 0 Å². The van der Waals surface area contributed by atoms with Crippen molar-refractivity contribution in [2.45, 2.75) is 44.9 Å². The number of carbonyl (C=O) groups is 2. The summed E-state index contributed by atoms with van der Waals surface area (Å²) in [7, 11) is 0. The maximum atomic E-state index is 12.5. The van der Waals surface area contributed by atoms with Gasteiger partial charge in [0.05, 0.1) is 5.92 Å². The lowest BCUT2D eigenvalue weighted by Gasteiger charge is -2.31.